The number of aromatic nitrogens is 2. The third-order valence-electron chi connectivity index (χ3n) is 3.45. The van der Waals surface area contributed by atoms with E-state index in [0.29, 0.717) is 6.04 Å². The van der Waals surface area contributed by atoms with Gasteiger partial charge in [0.15, 0.2) is 0 Å². The predicted octanol–water partition coefficient (Wildman–Crippen LogP) is 2.43. The van der Waals surface area contributed by atoms with Gasteiger partial charge in [-0.25, -0.2) is 0 Å². The lowest BCUT2D eigenvalue weighted by Crippen LogP contribution is -2.26. The normalized spacial score (nSPS) is 31.1. The zero-order chi connectivity index (χ0) is 11.1. The van der Waals surface area contributed by atoms with Crippen LogP contribution in [0.5, 0.6) is 0 Å². The molecule has 3 nitrogen and oxygen atoms in total. The molecule has 1 aromatic heterocycles. The van der Waals surface area contributed by atoms with Crippen LogP contribution in [-0.4, -0.2) is 15.8 Å². The maximum atomic E-state index is 6.01. The molecule has 2 atom stereocenters. The number of halogens is 1. The third-order valence-corrected chi connectivity index (χ3v) is 4.03. The Morgan fingerprint density at radius 3 is 3.00 bits per heavy atom. The van der Waals surface area contributed by atoms with Crippen molar-refractivity contribution >= 4 is 15.9 Å². The lowest BCUT2D eigenvalue weighted by molar-refractivity contribution is 0.427. The molecule has 0 amide bonds. The van der Waals surface area contributed by atoms with Gasteiger partial charge in [0.2, 0.25) is 0 Å². The molecule has 1 aliphatic rings. The molecule has 0 spiro atoms. The SMILES string of the molecule is CCn1ncc(Br)c1C1(C)CCC(N)C1. The molecule has 0 radical (unpaired) electrons. The van der Waals surface area contributed by atoms with Gasteiger partial charge in [0.05, 0.1) is 16.4 Å². The Morgan fingerprint density at radius 1 is 1.73 bits per heavy atom. The molecular formula is C11H18BrN3. The summed E-state index contributed by atoms with van der Waals surface area (Å²) in [6, 6.07) is 0.349. The van der Waals surface area contributed by atoms with E-state index in [1.54, 1.807) is 0 Å². The van der Waals surface area contributed by atoms with Crippen molar-refractivity contribution in [2.45, 2.75) is 51.1 Å². The van der Waals surface area contributed by atoms with Gasteiger partial charge >= 0.3 is 0 Å². The summed E-state index contributed by atoms with van der Waals surface area (Å²) in [5.74, 6) is 0. The van der Waals surface area contributed by atoms with Gasteiger partial charge in [-0.15, -0.1) is 0 Å². The van der Waals surface area contributed by atoms with Gasteiger partial charge < -0.3 is 5.73 Å². The fraction of sp³-hybridized carbons (Fsp3) is 0.727. The van der Waals surface area contributed by atoms with E-state index in [4.69, 9.17) is 5.73 Å². The quantitative estimate of drug-likeness (QED) is 0.898. The second-order valence-corrected chi connectivity index (χ2v) is 5.57. The van der Waals surface area contributed by atoms with E-state index in [-0.39, 0.29) is 5.41 Å². The molecule has 1 heterocycles. The largest absolute Gasteiger partial charge is 0.328 e. The maximum Gasteiger partial charge on any atom is 0.0635 e. The van der Waals surface area contributed by atoms with Crippen LogP contribution in [0.2, 0.25) is 0 Å². The van der Waals surface area contributed by atoms with Crippen LogP contribution in [-0.2, 0) is 12.0 Å². The van der Waals surface area contributed by atoms with E-state index >= 15 is 0 Å². The molecule has 2 rings (SSSR count). The highest BCUT2D eigenvalue weighted by molar-refractivity contribution is 9.10. The zero-order valence-corrected chi connectivity index (χ0v) is 10.9. The van der Waals surface area contributed by atoms with Crippen molar-refractivity contribution in [3.8, 4) is 0 Å². The highest BCUT2D eigenvalue weighted by Gasteiger charge is 2.38. The summed E-state index contributed by atoms with van der Waals surface area (Å²) in [5, 5.41) is 4.38. The molecule has 0 aromatic carbocycles. The van der Waals surface area contributed by atoms with Crippen LogP contribution in [0.25, 0.3) is 0 Å². The number of rotatable bonds is 2. The van der Waals surface area contributed by atoms with Gasteiger partial charge in [-0.3, -0.25) is 4.68 Å². The van der Waals surface area contributed by atoms with Crippen molar-refractivity contribution in [2.75, 3.05) is 0 Å². The number of hydrogen-bond acceptors (Lipinski definition) is 2. The Kier molecular flexibility index (Phi) is 2.90. The van der Waals surface area contributed by atoms with Crippen molar-refractivity contribution in [2.24, 2.45) is 5.73 Å². The minimum absolute atomic E-state index is 0.199. The van der Waals surface area contributed by atoms with Crippen molar-refractivity contribution in [3.63, 3.8) is 0 Å². The van der Waals surface area contributed by atoms with Crippen molar-refractivity contribution in [1.82, 2.24) is 9.78 Å². The fourth-order valence-corrected chi connectivity index (χ4v) is 3.48. The van der Waals surface area contributed by atoms with Crippen LogP contribution in [0.15, 0.2) is 10.7 Å². The summed E-state index contributed by atoms with van der Waals surface area (Å²) < 4.78 is 3.21. The van der Waals surface area contributed by atoms with E-state index in [0.717, 1.165) is 23.9 Å². The van der Waals surface area contributed by atoms with E-state index in [9.17, 15) is 0 Å². The molecule has 4 heteroatoms. The number of nitrogens with two attached hydrogens (primary N) is 1. The first kappa shape index (κ1) is 11.1. The lowest BCUT2D eigenvalue weighted by Gasteiger charge is -2.25. The van der Waals surface area contributed by atoms with Crippen LogP contribution in [0.3, 0.4) is 0 Å². The molecular weight excluding hydrogens is 254 g/mol. The van der Waals surface area contributed by atoms with Gasteiger partial charge in [0, 0.05) is 18.0 Å². The summed E-state index contributed by atoms with van der Waals surface area (Å²) in [6.07, 6.45) is 5.25. The first-order chi connectivity index (χ1) is 7.07. The van der Waals surface area contributed by atoms with E-state index in [1.165, 1.54) is 12.1 Å². The molecule has 15 heavy (non-hydrogen) atoms. The number of hydrogen-bond donors (Lipinski definition) is 1. The molecule has 1 aromatic rings. The Labute approximate surface area is 99.2 Å². The minimum atomic E-state index is 0.199. The average Bonchev–Trinajstić information content (AvgIpc) is 2.71. The summed E-state index contributed by atoms with van der Waals surface area (Å²) >= 11 is 3.60. The molecule has 2 unspecified atom stereocenters. The third kappa shape index (κ3) is 1.85. The van der Waals surface area contributed by atoms with Crippen LogP contribution in [0.4, 0.5) is 0 Å². The van der Waals surface area contributed by atoms with Gasteiger partial charge in [0.25, 0.3) is 0 Å². The zero-order valence-electron chi connectivity index (χ0n) is 9.33. The molecule has 2 N–H and O–H groups in total. The molecule has 1 aliphatic carbocycles. The molecule has 1 fully saturated rings. The molecule has 1 saturated carbocycles. The van der Waals surface area contributed by atoms with Gasteiger partial charge in [-0.1, -0.05) is 6.92 Å². The second-order valence-electron chi connectivity index (χ2n) is 4.72. The van der Waals surface area contributed by atoms with Crippen LogP contribution >= 0.6 is 15.9 Å². The summed E-state index contributed by atoms with van der Waals surface area (Å²) in [6.45, 7) is 5.35. The maximum absolute atomic E-state index is 6.01. The molecule has 0 saturated heterocycles. The predicted molar refractivity (Wildman–Crippen MR) is 64.8 cm³/mol. The molecule has 0 aliphatic heterocycles. The van der Waals surface area contributed by atoms with Gasteiger partial charge in [-0.2, -0.15) is 5.10 Å². The molecule has 84 valence electrons. The summed E-state index contributed by atoms with van der Waals surface area (Å²) in [4.78, 5) is 0. The lowest BCUT2D eigenvalue weighted by atomic mass is 9.84. The minimum Gasteiger partial charge on any atom is -0.328 e. The summed E-state index contributed by atoms with van der Waals surface area (Å²) in [7, 11) is 0. The second kappa shape index (κ2) is 3.91. The standard InChI is InChI=1S/C11H18BrN3/c1-3-15-10(9(12)7-14-15)11(2)5-4-8(13)6-11/h7-8H,3-6,13H2,1-2H3. The van der Waals surface area contributed by atoms with Crippen molar-refractivity contribution in [1.29, 1.82) is 0 Å². The van der Waals surface area contributed by atoms with E-state index in [1.807, 2.05) is 6.20 Å². The van der Waals surface area contributed by atoms with Crippen LogP contribution < -0.4 is 5.73 Å². The molecule has 0 bridgehead atoms. The Hall–Kier alpha value is -0.350. The smallest absolute Gasteiger partial charge is 0.0635 e. The van der Waals surface area contributed by atoms with Gasteiger partial charge in [0.1, 0.15) is 0 Å². The topological polar surface area (TPSA) is 43.8 Å². The Bertz CT molecular complexity index is 361. The summed E-state index contributed by atoms with van der Waals surface area (Å²) in [5.41, 5.74) is 7.53. The van der Waals surface area contributed by atoms with Crippen LogP contribution in [0, 0.1) is 0 Å². The van der Waals surface area contributed by atoms with Crippen molar-refractivity contribution < 1.29 is 0 Å². The van der Waals surface area contributed by atoms with Crippen LogP contribution in [0.1, 0.15) is 38.8 Å². The average molecular weight is 272 g/mol. The number of aryl methyl sites for hydroxylation is 1. The van der Waals surface area contributed by atoms with Gasteiger partial charge in [-0.05, 0) is 42.1 Å². The highest BCUT2D eigenvalue weighted by atomic mass is 79.9. The Morgan fingerprint density at radius 2 is 2.47 bits per heavy atom. The first-order valence-corrected chi connectivity index (χ1v) is 6.33. The first-order valence-electron chi connectivity index (χ1n) is 5.54. The highest BCUT2D eigenvalue weighted by Crippen LogP contribution is 2.42. The van der Waals surface area contributed by atoms with E-state index in [2.05, 4.69) is 39.6 Å². The van der Waals surface area contributed by atoms with Crippen molar-refractivity contribution in [3.05, 3.63) is 16.4 Å². The van der Waals surface area contributed by atoms with E-state index < -0.39 is 0 Å². The monoisotopic (exact) mass is 271 g/mol. The Balaban J connectivity index is 2.39. The fourth-order valence-electron chi connectivity index (χ4n) is 2.70. The number of nitrogens with zero attached hydrogens (tertiary/aromatic N) is 2.